The predicted molar refractivity (Wildman–Crippen MR) is 65.1 cm³/mol. The van der Waals surface area contributed by atoms with Crippen molar-refractivity contribution in [3.05, 3.63) is 6.33 Å². The Balaban J connectivity index is 1.99. The molecule has 94 valence electrons. The first kappa shape index (κ1) is 11.9. The zero-order valence-electron chi connectivity index (χ0n) is 10.1. The molecule has 1 aliphatic carbocycles. The van der Waals surface area contributed by atoms with E-state index in [4.69, 9.17) is 15.2 Å². The number of methoxy groups -OCH3 is 1. The van der Waals surface area contributed by atoms with Crippen molar-refractivity contribution in [2.75, 3.05) is 24.8 Å². The number of nitrogens with two attached hydrogens (primary N) is 1. The lowest BCUT2D eigenvalue weighted by atomic mass is 9.89. The van der Waals surface area contributed by atoms with E-state index in [0.717, 1.165) is 12.8 Å². The number of hydrogen-bond acceptors (Lipinski definition) is 6. The van der Waals surface area contributed by atoms with Gasteiger partial charge in [-0.25, -0.2) is 4.98 Å². The first-order valence-electron chi connectivity index (χ1n) is 5.77. The van der Waals surface area contributed by atoms with Crippen molar-refractivity contribution in [2.24, 2.45) is 0 Å². The number of hydrogen-bond donors (Lipinski definition) is 2. The van der Waals surface area contributed by atoms with Crippen LogP contribution in [0.4, 0.5) is 11.5 Å². The number of ether oxygens (including phenoxy) is 2. The van der Waals surface area contributed by atoms with Crippen LogP contribution in [0.1, 0.15) is 19.8 Å². The molecule has 0 radical (unpaired) electrons. The predicted octanol–water partition coefficient (Wildman–Crippen LogP) is 1.05. The van der Waals surface area contributed by atoms with E-state index >= 15 is 0 Å². The molecule has 1 aliphatic rings. The zero-order valence-corrected chi connectivity index (χ0v) is 10.1. The van der Waals surface area contributed by atoms with Crippen molar-refractivity contribution in [1.82, 2.24) is 9.97 Å². The van der Waals surface area contributed by atoms with Gasteiger partial charge in [0, 0.05) is 13.2 Å². The number of rotatable bonds is 5. The molecule has 1 fully saturated rings. The molecule has 0 unspecified atom stereocenters. The largest absolute Gasteiger partial charge is 0.476 e. The fraction of sp³-hybridized carbons (Fsp3) is 0.636. The van der Waals surface area contributed by atoms with Crippen molar-refractivity contribution in [2.45, 2.75) is 31.9 Å². The molecule has 2 rings (SSSR count). The van der Waals surface area contributed by atoms with Gasteiger partial charge < -0.3 is 20.5 Å². The van der Waals surface area contributed by atoms with E-state index in [2.05, 4.69) is 15.3 Å². The van der Waals surface area contributed by atoms with Crippen molar-refractivity contribution in [3.63, 3.8) is 0 Å². The summed E-state index contributed by atoms with van der Waals surface area (Å²) in [6.45, 7) is 2.43. The van der Waals surface area contributed by atoms with Crippen LogP contribution in [0.5, 0.6) is 5.88 Å². The van der Waals surface area contributed by atoms with Gasteiger partial charge in [0.1, 0.15) is 12.0 Å². The summed E-state index contributed by atoms with van der Waals surface area (Å²) in [4.78, 5) is 8.11. The minimum absolute atomic E-state index is 0.349. The normalized spacial score (nSPS) is 22.9. The quantitative estimate of drug-likeness (QED) is 0.797. The highest BCUT2D eigenvalue weighted by Gasteiger charge is 2.29. The van der Waals surface area contributed by atoms with Crippen molar-refractivity contribution < 1.29 is 9.47 Å². The summed E-state index contributed by atoms with van der Waals surface area (Å²) in [5.74, 6) is 1.08. The average Bonchev–Trinajstić information content (AvgIpc) is 2.27. The van der Waals surface area contributed by atoms with Gasteiger partial charge in [0.2, 0.25) is 5.88 Å². The molecule has 17 heavy (non-hydrogen) atoms. The highest BCUT2D eigenvalue weighted by molar-refractivity contribution is 5.66. The molecule has 6 nitrogen and oxygen atoms in total. The highest BCUT2D eigenvalue weighted by atomic mass is 16.5. The minimum atomic E-state index is 0.349. The number of nitrogens with zero attached hydrogens (tertiary/aromatic N) is 2. The van der Waals surface area contributed by atoms with Gasteiger partial charge in [-0.3, -0.25) is 0 Å². The Morgan fingerprint density at radius 2 is 2.24 bits per heavy atom. The maximum Gasteiger partial charge on any atom is 0.242 e. The van der Waals surface area contributed by atoms with E-state index in [0.29, 0.717) is 36.1 Å². The SMILES string of the molecule is CCOc1ncnc(NC2CC(OC)C2)c1N. The second-order valence-electron chi connectivity index (χ2n) is 4.04. The maximum atomic E-state index is 5.92. The smallest absolute Gasteiger partial charge is 0.242 e. The Morgan fingerprint density at radius 1 is 1.47 bits per heavy atom. The van der Waals surface area contributed by atoms with E-state index in [-0.39, 0.29) is 0 Å². The summed E-state index contributed by atoms with van der Waals surface area (Å²) >= 11 is 0. The second kappa shape index (κ2) is 5.18. The molecule has 1 saturated carbocycles. The van der Waals surface area contributed by atoms with Crippen LogP contribution in [-0.4, -0.2) is 35.8 Å². The number of nitrogen functional groups attached to an aromatic ring is 1. The van der Waals surface area contributed by atoms with E-state index in [1.54, 1.807) is 7.11 Å². The summed E-state index contributed by atoms with van der Waals surface area (Å²) in [5, 5.41) is 3.27. The molecule has 1 aromatic rings. The lowest BCUT2D eigenvalue weighted by Crippen LogP contribution is -2.40. The van der Waals surface area contributed by atoms with Gasteiger partial charge in [-0.2, -0.15) is 4.98 Å². The third kappa shape index (κ3) is 2.58. The molecule has 6 heteroatoms. The van der Waals surface area contributed by atoms with Crippen LogP contribution in [0.2, 0.25) is 0 Å². The van der Waals surface area contributed by atoms with Gasteiger partial charge in [0.15, 0.2) is 5.82 Å². The van der Waals surface area contributed by atoms with E-state index in [1.165, 1.54) is 6.33 Å². The maximum absolute atomic E-state index is 5.92. The molecule has 3 N–H and O–H groups in total. The van der Waals surface area contributed by atoms with E-state index in [1.807, 2.05) is 6.92 Å². The van der Waals surface area contributed by atoms with E-state index in [9.17, 15) is 0 Å². The molecule has 1 aromatic heterocycles. The zero-order chi connectivity index (χ0) is 12.3. The van der Waals surface area contributed by atoms with Crippen LogP contribution in [0.3, 0.4) is 0 Å². The van der Waals surface area contributed by atoms with Crippen LogP contribution in [0.25, 0.3) is 0 Å². The van der Waals surface area contributed by atoms with Gasteiger partial charge in [-0.1, -0.05) is 0 Å². The number of anilines is 2. The van der Waals surface area contributed by atoms with E-state index < -0.39 is 0 Å². The summed E-state index contributed by atoms with van der Waals surface area (Å²) in [6, 6.07) is 0.367. The van der Waals surface area contributed by atoms with Crippen molar-refractivity contribution in [1.29, 1.82) is 0 Å². The topological polar surface area (TPSA) is 82.3 Å². The summed E-state index contributed by atoms with van der Waals surface area (Å²) < 4.78 is 10.5. The molecule has 0 aromatic carbocycles. The number of aromatic nitrogens is 2. The van der Waals surface area contributed by atoms with Crippen LogP contribution in [0, 0.1) is 0 Å². The third-order valence-corrected chi connectivity index (χ3v) is 2.90. The fourth-order valence-electron chi connectivity index (χ4n) is 1.82. The average molecular weight is 238 g/mol. The second-order valence-corrected chi connectivity index (χ2v) is 4.04. The van der Waals surface area contributed by atoms with Crippen molar-refractivity contribution >= 4 is 11.5 Å². The van der Waals surface area contributed by atoms with Gasteiger partial charge >= 0.3 is 0 Å². The van der Waals surface area contributed by atoms with Gasteiger partial charge in [-0.05, 0) is 19.8 Å². The monoisotopic (exact) mass is 238 g/mol. The van der Waals surface area contributed by atoms with Crippen LogP contribution in [-0.2, 0) is 4.74 Å². The molecule has 0 aliphatic heterocycles. The Kier molecular flexibility index (Phi) is 3.63. The molecule has 0 bridgehead atoms. The third-order valence-electron chi connectivity index (χ3n) is 2.90. The molecule has 0 spiro atoms. The standard InChI is InChI=1S/C11H18N4O2/c1-3-17-11-9(12)10(13-6-14-11)15-7-4-8(5-7)16-2/h6-8H,3-5,12H2,1-2H3,(H,13,14,15). The summed E-state index contributed by atoms with van der Waals surface area (Å²) in [7, 11) is 1.73. The lowest BCUT2D eigenvalue weighted by molar-refractivity contribution is 0.0328. The summed E-state index contributed by atoms with van der Waals surface area (Å²) in [6.07, 6.45) is 3.76. The van der Waals surface area contributed by atoms with Crippen LogP contribution < -0.4 is 15.8 Å². The molecule has 0 atom stereocenters. The Bertz CT molecular complexity index is 380. The molecular formula is C11H18N4O2. The summed E-state index contributed by atoms with van der Waals surface area (Å²) in [5.41, 5.74) is 6.39. The van der Waals surface area contributed by atoms with Gasteiger partial charge in [0.25, 0.3) is 0 Å². The highest BCUT2D eigenvalue weighted by Crippen LogP contribution is 2.30. The molecule has 0 saturated heterocycles. The lowest BCUT2D eigenvalue weighted by Gasteiger charge is -2.35. The van der Waals surface area contributed by atoms with Crippen LogP contribution in [0.15, 0.2) is 6.33 Å². The van der Waals surface area contributed by atoms with Crippen molar-refractivity contribution in [3.8, 4) is 5.88 Å². The van der Waals surface area contributed by atoms with Gasteiger partial charge in [0.05, 0.1) is 12.7 Å². The minimum Gasteiger partial charge on any atom is -0.476 e. The Morgan fingerprint density at radius 3 is 2.88 bits per heavy atom. The van der Waals surface area contributed by atoms with Gasteiger partial charge in [-0.15, -0.1) is 0 Å². The van der Waals surface area contributed by atoms with Crippen LogP contribution >= 0.6 is 0 Å². The first-order valence-corrected chi connectivity index (χ1v) is 5.77. The molecule has 0 amide bonds. The Labute approximate surface area is 101 Å². The fourth-order valence-corrected chi connectivity index (χ4v) is 1.82. The molecule has 1 heterocycles. The molecular weight excluding hydrogens is 220 g/mol. The Hall–Kier alpha value is -1.56. The first-order chi connectivity index (χ1) is 8.24. The number of nitrogens with one attached hydrogen (secondary N) is 1.